The second kappa shape index (κ2) is 6.84. The van der Waals surface area contributed by atoms with Gasteiger partial charge in [0.2, 0.25) is 5.91 Å². The summed E-state index contributed by atoms with van der Waals surface area (Å²) in [6.45, 7) is 3.28. The van der Waals surface area contributed by atoms with Gasteiger partial charge in [-0.1, -0.05) is 0 Å². The maximum atomic E-state index is 12.9. The van der Waals surface area contributed by atoms with Gasteiger partial charge in [-0.2, -0.15) is 0 Å². The Labute approximate surface area is 144 Å². The van der Waals surface area contributed by atoms with Crippen molar-refractivity contribution >= 4 is 29.5 Å². The Morgan fingerprint density at radius 3 is 2.46 bits per heavy atom. The lowest BCUT2D eigenvalue weighted by molar-refractivity contribution is -0.133. The number of carboxylic acid groups (broad SMARTS) is 1. The Kier molecular flexibility index (Phi) is 4.80. The maximum absolute atomic E-state index is 12.9. The highest BCUT2D eigenvalue weighted by molar-refractivity contribution is 7.99. The van der Waals surface area contributed by atoms with Crippen LogP contribution >= 0.6 is 11.8 Å². The highest BCUT2D eigenvalue weighted by Crippen LogP contribution is 2.26. The fourth-order valence-corrected chi connectivity index (χ4v) is 4.34. The molecule has 0 spiro atoms. The van der Waals surface area contributed by atoms with Crippen molar-refractivity contribution in [1.82, 2.24) is 9.80 Å². The largest absolute Gasteiger partial charge is 0.478 e. The molecule has 0 saturated carbocycles. The van der Waals surface area contributed by atoms with E-state index in [-0.39, 0.29) is 17.4 Å². The topological polar surface area (TPSA) is 77.9 Å². The minimum Gasteiger partial charge on any atom is -0.478 e. The number of benzene rings is 1. The lowest BCUT2D eigenvalue weighted by Gasteiger charge is -2.27. The Morgan fingerprint density at radius 2 is 1.79 bits per heavy atom. The quantitative estimate of drug-likeness (QED) is 0.902. The Morgan fingerprint density at radius 1 is 1.12 bits per heavy atom. The summed E-state index contributed by atoms with van der Waals surface area (Å²) in [5, 5.41) is 9.17. The van der Waals surface area contributed by atoms with Crippen molar-refractivity contribution in [2.24, 2.45) is 0 Å². The van der Waals surface area contributed by atoms with Crippen LogP contribution in [-0.4, -0.2) is 63.5 Å². The number of aryl methyl sites for hydroxylation is 1. The molecule has 2 aliphatic rings. The van der Waals surface area contributed by atoms with Crippen LogP contribution in [0, 0.1) is 6.92 Å². The van der Waals surface area contributed by atoms with Crippen LogP contribution in [0.2, 0.25) is 0 Å². The molecular formula is C17H20N2O4S. The fourth-order valence-electron chi connectivity index (χ4n) is 3.19. The van der Waals surface area contributed by atoms with Crippen LogP contribution in [0.5, 0.6) is 0 Å². The lowest BCUT2D eigenvalue weighted by atomic mass is 10.0. The standard InChI is InChI=1S/C17H20N2O4S/c1-11-6-12(8-13(7-11)17(22)23)15(20)19-10-24-9-14(19)16(21)18-4-2-3-5-18/h6-8,14H,2-5,9-10H2,1H3,(H,22,23). The average molecular weight is 348 g/mol. The predicted molar refractivity (Wildman–Crippen MR) is 91.2 cm³/mol. The van der Waals surface area contributed by atoms with Gasteiger partial charge >= 0.3 is 5.97 Å². The van der Waals surface area contributed by atoms with E-state index in [1.807, 2.05) is 4.90 Å². The minimum atomic E-state index is -1.06. The number of hydrogen-bond acceptors (Lipinski definition) is 4. The third-order valence-electron chi connectivity index (χ3n) is 4.42. The molecule has 1 atom stereocenters. The number of aromatic carboxylic acids is 1. The molecule has 2 aliphatic heterocycles. The van der Waals surface area contributed by atoms with Gasteiger partial charge in [0.15, 0.2) is 0 Å². The van der Waals surface area contributed by atoms with Crippen molar-refractivity contribution < 1.29 is 19.5 Å². The van der Waals surface area contributed by atoms with E-state index >= 15 is 0 Å². The van der Waals surface area contributed by atoms with Crippen LogP contribution in [0.25, 0.3) is 0 Å². The number of carbonyl (C=O) groups excluding carboxylic acids is 2. The molecule has 2 heterocycles. The SMILES string of the molecule is Cc1cc(C(=O)O)cc(C(=O)N2CSCC2C(=O)N2CCCC2)c1. The van der Waals surface area contributed by atoms with Gasteiger partial charge in [-0.25, -0.2) is 4.79 Å². The van der Waals surface area contributed by atoms with Gasteiger partial charge in [-0.15, -0.1) is 11.8 Å². The number of rotatable bonds is 3. The first kappa shape index (κ1) is 16.8. The molecule has 3 rings (SSSR count). The summed E-state index contributed by atoms with van der Waals surface area (Å²) in [4.78, 5) is 40.1. The third-order valence-corrected chi connectivity index (χ3v) is 5.43. The summed E-state index contributed by atoms with van der Waals surface area (Å²) in [6.07, 6.45) is 2.03. The molecule has 0 aliphatic carbocycles. The van der Waals surface area contributed by atoms with Gasteiger partial charge in [0.1, 0.15) is 6.04 Å². The first-order valence-electron chi connectivity index (χ1n) is 8.00. The van der Waals surface area contributed by atoms with Crippen molar-refractivity contribution in [1.29, 1.82) is 0 Å². The van der Waals surface area contributed by atoms with E-state index in [2.05, 4.69) is 0 Å². The molecular weight excluding hydrogens is 328 g/mol. The van der Waals surface area contributed by atoms with Crippen LogP contribution in [0.4, 0.5) is 0 Å². The van der Waals surface area contributed by atoms with Crippen molar-refractivity contribution in [3.8, 4) is 0 Å². The molecule has 2 amide bonds. The number of thioether (sulfide) groups is 1. The summed E-state index contributed by atoms with van der Waals surface area (Å²) >= 11 is 1.56. The van der Waals surface area contributed by atoms with Crippen LogP contribution in [0.15, 0.2) is 18.2 Å². The number of nitrogens with zero attached hydrogens (tertiary/aromatic N) is 2. The van der Waals surface area contributed by atoms with E-state index < -0.39 is 12.0 Å². The molecule has 0 radical (unpaired) electrons. The van der Waals surface area contributed by atoms with Gasteiger partial charge in [0.05, 0.1) is 11.4 Å². The van der Waals surface area contributed by atoms with E-state index in [0.29, 0.717) is 22.8 Å². The molecule has 0 aromatic heterocycles. The Hall–Kier alpha value is -2.02. The van der Waals surface area contributed by atoms with Crippen LogP contribution in [0.3, 0.4) is 0 Å². The van der Waals surface area contributed by atoms with Crippen LogP contribution in [-0.2, 0) is 4.79 Å². The summed E-state index contributed by atoms with van der Waals surface area (Å²) in [5.41, 5.74) is 1.13. The highest BCUT2D eigenvalue weighted by Gasteiger charge is 2.38. The van der Waals surface area contributed by atoms with E-state index in [4.69, 9.17) is 0 Å². The monoisotopic (exact) mass is 348 g/mol. The van der Waals surface area contributed by atoms with Gasteiger partial charge in [0.25, 0.3) is 5.91 Å². The van der Waals surface area contributed by atoms with Crippen LogP contribution < -0.4 is 0 Å². The first-order valence-corrected chi connectivity index (χ1v) is 9.15. The summed E-state index contributed by atoms with van der Waals surface area (Å²) in [5.74, 6) is -0.271. The maximum Gasteiger partial charge on any atom is 0.335 e. The number of hydrogen-bond donors (Lipinski definition) is 1. The molecule has 2 saturated heterocycles. The molecule has 128 valence electrons. The Balaban J connectivity index is 1.83. The molecule has 1 N–H and O–H groups in total. The second-order valence-corrected chi connectivity index (χ2v) is 7.22. The lowest BCUT2D eigenvalue weighted by Crippen LogP contribution is -2.48. The van der Waals surface area contributed by atoms with Gasteiger partial charge in [-0.05, 0) is 43.5 Å². The number of likely N-dealkylation sites (tertiary alicyclic amines) is 1. The average Bonchev–Trinajstić information content (AvgIpc) is 3.24. The highest BCUT2D eigenvalue weighted by atomic mass is 32.2. The van der Waals surface area contributed by atoms with E-state index in [1.165, 1.54) is 12.1 Å². The molecule has 2 fully saturated rings. The normalized spacial score (nSPS) is 20.5. The molecule has 24 heavy (non-hydrogen) atoms. The molecule has 1 aromatic carbocycles. The molecule has 0 bridgehead atoms. The van der Waals surface area contributed by atoms with Crippen molar-refractivity contribution in [3.05, 3.63) is 34.9 Å². The van der Waals surface area contributed by atoms with Gasteiger partial charge < -0.3 is 14.9 Å². The number of amides is 2. The summed E-state index contributed by atoms with van der Waals surface area (Å²) in [7, 11) is 0. The van der Waals surface area contributed by atoms with Crippen LogP contribution in [0.1, 0.15) is 39.1 Å². The second-order valence-electron chi connectivity index (χ2n) is 6.22. The number of carboxylic acids is 1. The molecule has 6 nitrogen and oxygen atoms in total. The molecule has 1 aromatic rings. The van der Waals surface area contributed by atoms with Crippen molar-refractivity contribution in [3.63, 3.8) is 0 Å². The van der Waals surface area contributed by atoms with Gasteiger partial charge in [-0.3, -0.25) is 9.59 Å². The van der Waals surface area contributed by atoms with E-state index in [9.17, 15) is 19.5 Å². The molecule has 7 heteroatoms. The van der Waals surface area contributed by atoms with Gasteiger partial charge in [0, 0.05) is 24.4 Å². The third kappa shape index (κ3) is 3.26. The number of carbonyl (C=O) groups is 3. The predicted octanol–water partition coefficient (Wildman–Crippen LogP) is 1.83. The fraction of sp³-hybridized carbons (Fsp3) is 0.471. The zero-order valence-corrected chi connectivity index (χ0v) is 14.3. The summed E-state index contributed by atoms with van der Waals surface area (Å²) < 4.78 is 0. The minimum absolute atomic E-state index is 0.0111. The zero-order valence-electron chi connectivity index (χ0n) is 13.5. The van der Waals surface area contributed by atoms with Crippen molar-refractivity contribution in [2.75, 3.05) is 24.7 Å². The smallest absolute Gasteiger partial charge is 0.335 e. The van der Waals surface area contributed by atoms with E-state index in [0.717, 1.165) is 25.9 Å². The zero-order chi connectivity index (χ0) is 17.3. The molecule has 1 unspecified atom stereocenters. The summed E-state index contributed by atoms with van der Waals surface area (Å²) in [6, 6.07) is 4.15. The van der Waals surface area contributed by atoms with Crippen molar-refractivity contribution in [2.45, 2.75) is 25.8 Å². The first-order chi connectivity index (χ1) is 11.5. The van der Waals surface area contributed by atoms with E-state index in [1.54, 1.807) is 29.7 Å². The Bertz CT molecular complexity index is 685.